The van der Waals surface area contributed by atoms with E-state index in [4.69, 9.17) is 9.47 Å². The number of likely N-dealkylation sites (tertiary alicyclic amines) is 1. The first-order chi connectivity index (χ1) is 20.9. The smallest absolute Gasteiger partial charge is 0.254 e. The van der Waals surface area contributed by atoms with Crippen molar-refractivity contribution >= 4 is 5.91 Å². The molecule has 4 fully saturated rings. The number of hydrogen-bond acceptors (Lipinski definition) is 6. The van der Waals surface area contributed by atoms with Gasteiger partial charge in [0.2, 0.25) is 0 Å². The summed E-state index contributed by atoms with van der Waals surface area (Å²) in [5.41, 5.74) is 3.08. The van der Waals surface area contributed by atoms with Crippen LogP contribution in [0.1, 0.15) is 84.1 Å². The molecule has 4 aliphatic rings. The van der Waals surface area contributed by atoms with Crippen LogP contribution in [-0.2, 0) is 11.2 Å². The number of carbonyl (C=O) groups is 1. The third kappa shape index (κ3) is 6.52. The molecule has 3 aliphatic carbocycles. The van der Waals surface area contributed by atoms with E-state index in [1.165, 1.54) is 18.4 Å². The Labute approximate surface area is 263 Å². The third-order valence-electron chi connectivity index (χ3n) is 11.5. The highest BCUT2D eigenvalue weighted by molar-refractivity contribution is 5.87. The zero-order chi connectivity index (χ0) is 31.8. The Kier molecular flexibility index (Phi) is 9.69. The Morgan fingerprint density at radius 1 is 1.11 bits per heavy atom. The molecule has 1 aliphatic heterocycles. The molecule has 0 radical (unpaired) electrons. The largest absolute Gasteiger partial charge is 0.497 e. The van der Waals surface area contributed by atoms with E-state index in [9.17, 15) is 20.1 Å². The maximum atomic E-state index is 13.4. The summed E-state index contributed by atoms with van der Waals surface area (Å²) in [6, 6.07) is 5.81. The van der Waals surface area contributed by atoms with Gasteiger partial charge in [0.25, 0.3) is 5.91 Å². The van der Waals surface area contributed by atoms with Crippen molar-refractivity contribution in [3.8, 4) is 11.5 Å². The van der Waals surface area contributed by atoms with Gasteiger partial charge in [-0.25, -0.2) is 0 Å². The molecule has 0 spiro atoms. The maximum Gasteiger partial charge on any atom is 0.254 e. The van der Waals surface area contributed by atoms with E-state index in [1.54, 1.807) is 21.1 Å². The molecule has 1 aromatic carbocycles. The first-order valence-electron chi connectivity index (χ1n) is 16.6. The minimum atomic E-state index is -1.34. The fraction of sp³-hybridized carbons (Fsp3) is 0.649. The van der Waals surface area contributed by atoms with E-state index in [-0.39, 0.29) is 17.4 Å². The van der Waals surface area contributed by atoms with Crippen molar-refractivity contribution in [1.82, 2.24) is 4.90 Å². The Bertz CT molecular complexity index is 1280. The van der Waals surface area contributed by atoms with Crippen LogP contribution in [0.2, 0.25) is 0 Å². The van der Waals surface area contributed by atoms with E-state index < -0.39 is 17.8 Å². The predicted octanol–water partition coefficient (Wildman–Crippen LogP) is 5.77. The van der Waals surface area contributed by atoms with Crippen LogP contribution in [-0.4, -0.2) is 70.7 Å². The summed E-state index contributed by atoms with van der Waals surface area (Å²) in [4.78, 5) is 15.3. The van der Waals surface area contributed by atoms with Crippen LogP contribution in [0.5, 0.6) is 11.5 Å². The molecule has 3 saturated carbocycles. The van der Waals surface area contributed by atoms with Gasteiger partial charge in [0, 0.05) is 31.5 Å². The van der Waals surface area contributed by atoms with Gasteiger partial charge in [0.1, 0.15) is 17.1 Å². The quantitative estimate of drug-likeness (QED) is 0.330. The van der Waals surface area contributed by atoms with Gasteiger partial charge in [-0.1, -0.05) is 38.2 Å². The summed E-state index contributed by atoms with van der Waals surface area (Å²) >= 11 is 0. The molecule has 3 N–H and O–H groups in total. The average molecular weight is 608 g/mol. The van der Waals surface area contributed by atoms with Crippen molar-refractivity contribution in [2.24, 2.45) is 23.2 Å². The van der Waals surface area contributed by atoms with Crippen LogP contribution in [0.25, 0.3) is 0 Å². The van der Waals surface area contributed by atoms with Crippen LogP contribution in [0.4, 0.5) is 0 Å². The predicted molar refractivity (Wildman–Crippen MR) is 172 cm³/mol. The van der Waals surface area contributed by atoms with Crippen LogP contribution < -0.4 is 9.47 Å². The molecule has 5 rings (SSSR count). The van der Waals surface area contributed by atoms with Crippen molar-refractivity contribution in [2.45, 2.75) is 109 Å². The number of nitrogens with zero attached hydrogens (tertiary/aromatic N) is 1. The van der Waals surface area contributed by atoms with E-state index in [0.29, 0.717) is 50.0 Å². The van der Waals surface area contributed by atoms with Crippen LogP contribution in [0.15, 0.2) is 53.6 Å². The maximum absolute atomic E-state index is 13.4. The molecule has 7 nitrogen and oxygen atoms in total. The Balaban J connectivity index is 1.29. The molecule has 0 aromatic heterocycles. The lowest BCUT2D eigenvalue weighted by molar-refractivity contribution is -0.142. The van der Waals surface area contributed by atoms with Crippen LogP contribution in [0.3, 0.4) is 0 Å². The molecule has 1 saturated heterocycles. The number of hydrogen-bond donors (Lipinski definition) is 3. The molecule has 7 heteroatoms. The zero-order valence-electron chi connectivity index (χ0n) is 27.3. The Morgan fingerprint density at radius 2 is 1.82 bits per heavy atom. The number of carbonyl (C=O) groups excluding carboxylic acids is 1. The number of aliphatic hydroxyl groups is 3. The minimum absolute atomic E-state index is 0.00107. The number of benzene rings is 1. The Morgan fingerprint density at radius 3 is 2.50 bits per heavy atom. The lowest BCUT2D eigenvalue weighted by Crippen LogP contribution is -2.41. The second kappa shape index (κ2) is 13.0. The van der Waals surface area contributed by atoms with Crippen molar-refractivity contribution in [3.63, 3.8) is 0 Å². The zero-order valence-corrected chi connectivity index (χ0v) is 27.3. The summed E-state index contributed by atoms with van der Waals surface area (Å²) < 4.78 is 10.9. The molecule has 0 bridgehead atoms. The highest BCUT2D eigenvalue weighted by Gasteiger charge is 2.53. The SMILES string of the molecule is C=C1/C(=C\C=C2/CCC[C@]3(C)[C@@H]([C@H](C)C[C@@H]4C[C@@](C)(O)C(=O)N4CCc4cc(OC)cc(OC)c4)CC[C@@H]23)C[C@@H](O)C[C@@H]1O. The van der Waals surface area contributed by atoms with Crippen LogP contribution >= 0.6 is 0 Å². The van der Waals surface area contributed by atoms with Crippen molar-refractivity contribution in [1.29, 1.82) is 0 Å². The van der Waals surface area contributed by atoms with Gasteiger partial charge in [-0.05, 0) is 110 Å². The molecule has 242 valence electrons. The van der Waals surface area contributed by atoms with Gasteiger partial charge in [-0.15, -0.1) is 0 Å². The first kappa shape index (κ1) is 32.8. The molecule has 0 unspecified atom stereocenters. The first-order valence-corrected chi connectivity index (χ1v) is 16.6. The number of ether oxygens (including phenoxy) is 2. The number of amides is 1. The molecule has 1 amide bonds. The standard InChI is InChI=1S/C37H53NO6/c1-23(16-28-22-37(4,42)35(41)38(28)15-13-25-17-30(43-5)21-31(18-25)44-6)32-11-12-33-26(8-7-14-36(32,33)3)9-10-27-19-29(39)20-34(40)24(27)2/h9-10,17-18,21,23,28-29,32-34,39-40,42H,2,7-8,11-16,19-20,22H2,1,3-6H3/b26-9+,27-10-/t23-,28-,29-,32-,33+,34+,36-,37-/m1/s1. The lowest BCUT2D eigenvalue weighted by Gasteiger charge is -2.45. The van der Waals surface area contributed by atoms with Crippen LogP contribution in [0, 0.1) is 23.2 Å². The number of aliphatic hydroxyl groups excluding tert-OH is 2. The van der Waals surface area contributed by atoms with Gasteiger partial charge in [-0.2, -0.15) is 0 Å². The number of rotatable bonds is 9. The van der Waals surface area contributed by atoms with Gasteiger partial charge in [0.05, 0.1) is 26.4 Å². The van der Waals surface area contributed by atoms with E-state index in [0.717, 1.165) is 53.9 Å². The molecule has 8 atom stereocenters. The second-order valence-corrected chi connectivity index (χ2v) is 14.5. The molecule has 44 heavy (non-hydrogen) atoms. The number of methoxy groups -OCH3 is 2. The summed E-state index contributed by atoms with van der Waals surface area (Å²) in [5.74, 6) is 2.75. The summed E-state index contributed by atoms with van der Waals surface area (Å²) in [6.45, 7) is 11.1. The Hall–Kier alpha value is -2.61. The normalized spacial score (nSPS) is 36.6. The van der Waals surface area contributed by atoms with Gasteiger partial charge < -0.3 is 29.7 Å². The minimum Gasteiger partial charge on any atom is -0.497 e. The fourth-order valence-electron chi connectivity index (χ4n) is 9.16. The molecular weight excluding hydrogens is 554 g/mol. The fourth-order valence-corrected chi connectivity index (χ4v) is 9.16. The van der Waals surface area contributed by atoms with Gasteiger partial charge >= 0.3 is 0 Å². The molecular formula is C37H53NO6. The van der Waals surface area contributed by atoms with Gasteiger partial charge in [0.15, 0.2) is 0 Å². The highest BCUT2D eigenvalue weighted by Crippen LogP contribution is 2.60. The van der Waals surface area contributed by atoms with Crippen molar-refractivity contribution in [2.75, 3.05) is 20.8 Å². The highest BCUT2D eigenvalue weighted by atomic mass is 16.5. The van der Waals surface area contributed by atoms with Gasteiger partial charge in [-0.3, -0.25) is 4.79 Å². The van der Waals surface area contributed by atoms with E-state index in [1.807, 2.05) is 23.1 Å². The lowest BCUT2D eigenvalue weighted by atomic mass is 9.60. The topological polar surface area (TPSA) is 99.5 Å². The molecule has 1 aromatic rings. The molecule has 1 heterocycles. The van der Waals surface area contributed by atoms with Crippen molar-refractivity contribution < 1.29 is 29.6 Å². The summed E-state index contributed by atoms with van der Waals surface area (Å²) in [6.07, 6.45) is 11.9. The number of allylic oxidation sites excluding steroid dienone is 3. The third-order valence-corrected chi connectivity index (χ3v) is 11.5. The second-order valence-electron chi connectivity index (χ2n) is 14.5. The summed E-state index contributed by atoms with van der Waals surface area (Å²) in [7, 11) is 3.27. The summed E-state index contributed by atoms with van der Waals surface area (Å²) in [5, 5.41) is 31.5. The average Bonchev–Trinajstić information content (AvgIpc) is 3.45. The monoisotopic (exact) mass is 607 g/mol. The van der Waals surface area contributed by atoms with E-state index in [2.05, 4.69) is 32.6 Å². The van der Waals surface area contributed by atoms with Crippen molar-refractivity contribution in [3.05, 3.63) is 59.2 Å². The number of fused-ring (bicyclic) bond motifs is 1. The van der Waals surface area contributed by atoms with E-state index >= 15 is 0 Å².